The average Bonchev–Trinajstić information content (AvgIpc) is 2.75. The molecule has 2 aromatic rings. The second kappa shape index (κ2) is 6.21. The highest BCUT2D eigenvalue weighted by molar-refractivity contribution is 6.95. The first kappa shape index (κ1) is 17.3. The zero-order valence-corrected chi connectivity index (χ0v) is 16.1. The molecule has 1 N–H and O–H groups in total. The van der Waals surface area contributed by atoms with Gasteiger partial charge >= 0.3 is 0 Å². The van der Waals surface area contributed by atoms with Crippen molar-refractivity contribution in [2.45, 2.75) is 58.2 Å². The molecular weight excluding hydrogens is 310 g/mol. The lowest BCUT2D eigenvalue weighted by atomic mass is 10.2. The van der Waals surface area contributed by atoms with Gasteiger partial charge in [0.15, 0.2) is 6.29 Å². The number of H-pyrrole nitrogens is 1. The number of hydrogen-bond acceptors (Lipinski definition) is 1. The Balaban J connectivity index is 2.88. The maximum Gasteiger partial charge on any atom is 0.152 e. The molecule has 4 heteroatoms. The summed E-state index contributed by atoms with van der Waals surface area (Å²) in [5, 5.41) is 2.82. The van der Waals surface area contributed by atoms with Gasteiger partial charge in [0, 0.05) is 26.8 Å². The molecular formula is C18H26ClNOSi. The van der Waals surface area contributed by atoms with Crippen LogP contribution in [0.3, 0.4) is 0 Å². The lowest BCUT2D eigenvalue weighted by Crippen LogP contribution is -2.57. The van der Waals surface area contributed by atoms with Crippen LogP contribution in [-0.2, 0) is 0 Å². The maximum atomic E-state index is 11.9. The molecule has 0 aliphatic carbocycles. The largest absolute Gasteiger partial charge is 0.361 e. The summed E-state index contributed by atoms with van der Waals surface area (Å²) >= 11 is 6.14. The highest BCUT2D eigenvalue weighted by Gasteiger charge is 2.47. The molecule has 1 aromatic heterocycles. The molecule has 1 heterocycles. The fourth-order valence-corrected chi connectivity index (χ4v) is 11.4. The van der Waals surface area contributed by atoms with Crippen molar-refractivity contribution in [3.63, 3.8) is 0 Å². The number of aldehydes is 1. The van der Waals surface area contributed by atoms with Gasteiger partial charge in [-0.2, -0.15) is 0 Å². The van der Waals surface area contributed by atoms with E-state index in [-0.39, 0.29) is 0 Å². The van der Waals surface area contributed by atoms with Crippen molar-refractivity contribution in [3.8, 4) is 0 Å². The number of hydrogen-bond donors (Lipinski definition) is 1. The Morgan fingerprint density at radius 3 is 2.05 bits per heavy atom. The fourth-order valence-electron chi connectivity index (χ4n) is 4.51. The molecule has 0 saturated heterocycles. The number of rotatable bonds is 5. The van der Waals surface area contributed by atoms with Crippen LogP contribution < -0.4 is 5.32 Å². The molecule has 0 atom stereocenters. The molecule has 0 fully saturated rings. The van der Waals surface area contributed by atoms with Gasteiger partial charge in [0.25, 0.3) is 0 Å². The number of aromatic nitrogens is 1. The van der Waals surface area contributed by atoms with Gasteiger partial charge in [-0.25, -0.2) is 0 Å². The number of nitrogens with one attached hydrogen (secondary N) is 1. The maximum absolute atomic E-state index is 11.9. The highest BCUT2D eigenvalue weighted by Crippen LogP contribution is 2.42. The first-order valence-corrected chi connectivity index (χ1v) is 10.6. The molecule has 2 rings (SSSR count). The van der Waals surface area contributed by atoms with Gasteiger partial charge in [-0.15, -0.1) is 0 Å². The van der Waals surface area contributed by atoms with Gasteiger partial charge in [0.05, 0.1) is 0 Å². The van der Waals surface area contributed by atoms with E-state index in [9.17, 15) is 4.79 Å². The Bertz CT molecular complexity index is 666. The molecule has 0 bridgehead atoms. The van der Waals surface area contributed by atoms with Crippen molar-refractivity contribution in [2.75, 3.05) is 0 Å². The average molecular weight is 336 g/mol. The molecule has 0 spiro atoms. The monoisotopic (exact) mass is 335 g/mol. The van der Waals surface area contributed by atoms with Crippen LogP contribution in [0, 0.1) is 0 Å². The van der Waals surface area contributed by atoms with E-state index in [4.69, 9.17) is 11.6 Å². The highest BCUT2D eigenvalue weighted by atomic mass is 35.5. The minimum absolute atomic E-state index is 0.551. The summed E-state index contributed by atoms with van der Waals surface area (Å²) in [5.74, 6) is 0. The first-order valence-electron chi connectivity index (χ1n) is 8.03. The zero-order chi connectivity index (χ0) is 16.7. The second-order valence-corrected chi connectivity index (χ2v) is 13.4. The third-order valence-electron chi connectivity index (χ3n) is 5.22. The summed E-state index contributed by atoms with van der Waals surface area (Å²) in [6.45, 7) is 13.8. The fraction of sp³-hybridized carbons (Fsp3) is 0.500. The number of carbonyl (C=O) groups is 1. The summed E-state index contributed by atoms with van der Waals surface area (Å²) < 4.78 is 0. The van der Waals surface area contributed by atoms with Crippen LogP contribution in [-0.4, -0.2) is 19.3 Å². The topological polar surface area (TPSA) is 32.9 Å². The zero-order valence-electron chi connectivity index (χ0n) is 14.3. The van der Waals surface area contributed by atoms with E-state index in [1.807, 2.05) is 18.2 Å². The Labute approximate surface area is 139 Å². The van der Waals surface area contributed by atoms with Crippen molar-refractivity contribution in [1.29, 1.82) is 0 Å². The molecule has 0 aliphatic heterocycles. The summed E-state index contributed by atoms with van der Waals surface area (Å²) in [4.78, 5) is 15.5. The van der Waals surface area contributed by atoms with Gasteiger partial charge in [-0.3, -0.25) is 4.79 Å². The Morgan fingerprint density at radius 2 is 1.59 bits per heavy atom. The summed E-state index contributed by atoms with van der Waals surface area (Å²) in [7, 11) is -1.90. The Hall–Kier alpha value is -1.06. The third kappa shape index (κ3) is 2.44. The lowest BCUT2D eigenvalue weighted by Gasteiger charge is -2.42. The first-order chi connectivity index (χ1) is 10.3. The molecule has 22 heavy (non-hydrogen) atoms. The SMILES string of the molecule is CC(C)[Si](c1[nH]c2ccc(Cl)cc2c1C=O)(C(C)C)C(C)C. The van der Waals surface area contributed by atoms with Crippen molar-refractivity contribution in [3.05, 3.63) is 28.8 Å². The van der Waals surface area contributed by atoms with Gasteiger partial charge in [0.2, 0.25) is 0 Å². The van der Waals surface area contributed by atoms with Crippen molar-refractivity contribution in [1.82, 2.24) is 4.98 Å². The van der Waals surface area contributed by atoms with Crippen LogP contribution in [0.2, 0.25) is 21.6 Å². The number of carbonyl (C=O) groups excluding carboxylic acids is 1. The summed E-state index contributed by atoms with van der Waals surface area (Å²) in [6, 6.07) is 5.76. The van der Waals surface area contributed by atoms with Crippen LogP contribution in [0.25, 0.3) is 10.9 Å². The van der Waals surface area contributed by atoms with Crippen molar-refractivity contribution in [2.24, 2.45) is 0 Å². The minimum atomic E-state index is -1.90. The smallest absolute Gasteiger partial charge is 0.152 e. The molecule has 0 saturated carbocycles. The van der Waals surface area contributed by atoms with Crippen LogP contribution >= 0.6 is 11.6 Å². The number of benzene rings is 1. The normalized spacial score (nSPS) is 12.8. The molecule has 0 unspecified atom stereocenters. The van der Waals surface area contributed by atoms with Crippen LogP contribution in [0.4, 0.5) is 0 Å². The molecule has 2 nitrogen and oxygen atoms in total. The standard InChI is InChI=1S/C18H26ClNOSi/c1-11(2)22(12(3)4,13(5)6)18-16(10-21)15-9-14(19)7-8-17(15)20-18/h7-13,20H,1-6H3. The van der Waals surface area contributed by atoms with Crippen molar-refractivity contribution < 1.29 is 4.79 Å². The van der Waals surface area contributed by atoms with Gasteiger partial charge in [-0.1, -0.05) is 53.1 Å². The molecule has 0 amide bonds. The Morgan fingerprint density at radius 1 is 1.05 bits per heavy atom. The Kier molecular flexibility index (Phi) is 4.88. The molecule has 0 radical (unpaired) electrons. The predicted octanol–water partition coefficient (Wildman–Crippen LogP) is 5.52. The van der Waals surface area contributed by atoms with Crippen LogP contribution in [0.5, 0.6) is 0 Å². The van der Waals surface area contributed by atoms with E-state index in [0.717, 1.165) is 22.8 Å². The summed E-state index contributed by atoms with van der Waals surface area (Å²) in [5.41, 5.74) is 3.49. The number of halogens is 1. The second-order valence-electron chi connectivity index (χ2n) is 7.12. The number of aromatic amines is 1. The lowest BCUT2D eigenvalue weighted by molar-refractivity contribution is 0.112. The van der Waals surface area contributed by atoms with E-state index in [1.165, 1.54) is 5.32 Å². The van der Waals surface area contributed by atoms with Gasteiger partial charge < -0.3 is 4.98 Å². The third-order valence-corrected chi connectivity index (χ3v) is 12.4. The van der Waals surface area contributed by atoms with E-state index in [0.29, 0.717) is 21.6 Å². The molecule has 120 valence electrons. The van der Waals surface area contributed by atoms with Crippen LogP contribution in [0.15, 0.2) is 18.2 Å². The van der Waals surface area contributed by atoms with Gasteiger partial charge in [0.1, 0.15) is 8.07 Å². The predicted molar refractivity (Wildman–Crippen MR) is 99.4 cm³/mol. The quantitative estimate of drug-likeness (QED) is 0.566. The number of fused-ring (bicyclic) bond motifs is 1. The van der Waals surface area contributed by atoms with E-state index < -0.39 is 8.07 Å². The minimum Gasteiger partial charge on any atom is -0.361 e. The molecule has 1 aromatic carbocycles. The van der Waals surface area contributed by atoms with E-state index in [2.05, 4.69) is 46.5 Å². The van der Waals surface area contributed by atoms with Gasteiger partial charge in [-0.05, 0) is 34.8 Å². The van der Waals surface area contributed by atoms with Crippen LogP contribution in [0.1, 0.15) is 51.9 Å². The molecule has 0 aliphatic rings. The van der Waals surface area contributed by atoms with E-state index >= 15 is 0 Å². The summed E-state index contributed by atoms with van der Waals surface area (Å²) in [6.07, 6.45) is 1.01. The van der Waals surface area contributed by atoms with E-state index in [1.54, 1.807) is 0 Å². The van der Waals surface area contributed by atoms with Crippen molar-refractivity contribution >= 4 is 42.2 Å².